The second-order valence-electron chi connectivity index (χ2n) is 5.94. The molecule has 0 spiro atoms. The number of likely N-dealkylation sites (N-methyl/N-ethyl adjacent to an activating group) is 1. The third-order valence-electron chi connectivity index (χ3n) is 4.45. The van der Waals surface area contributed by atoms with Crippen molar-refractivity contribution in [1.29, 1.82) is 0 Å². The number of ether oxygens (including phenoxy) is 1. The molecule has 3 rings (SSSR count). The Bertz CT molecular complexity index is 540. The number of benzene rings is 1. The van der Waals surface area contributed by atoms with Crippen LogP contribution in [0.4, 0.5) is 5.69 Å². The van der Waals surface area contributed by atoms with Gasteiger partial charge in [0.25, 0.3) is 5.91 Å². The Morgan fingerprint density at radius 1 is 1.48 bits per heavy atom. The fourth-order valence-corrected chi connectivity index (χ4v) is 3.13. The van der Waals surface area contributed by atoms with E-state index >= 15 is 0 Å². The van der Waals surface area contributed by atoms with E-state index in [0.29, 0.717) is 5.75 Å². The number of nitrogens with one attached hydrogen (secondary N) is 1. The Balaban J connectivity index is 1.87. The molecule has 1 aromatic carbocycles. The minimum Gasteiger partial charge on any atom is -0.479 e. The minimum atomic E-state index is -0.508. The van der Waals surface area contributed by atoms with E-state index in [0.717, 1.165) is 37.2 Å². The minimum absolute atomic E-state index is 0.0616. The van der Waals surface area contributed by atoms with Crippen LogP contribution in [0.2, 0.25) is 0 Å². The lowest BCUT2D eigenvalue weighted by molar-refractivity contribution is -0.125. The van der Waals surface area contributed by atoms with Crippen molar-refractivity contribution in [3.05, 3.63) is 23.8 Å². The summed E-state index contributed by atoms with van der Waals surface area (Å²) in [4.78, 5) is 13.6. The molecule has 2 heterocycles. The molecular weight excluding hydrogens is 268 g/mol. The number of hydrogen-bond donors (Lipinski definition) is 2. The molecule has 0 aliphatic carbocycles. The van der Waals surface area contributed by atoms with Crippen LogP contribution < -0.4 is 15.0 Å². The van der Waals surface area contributed by atoms with Crippen LogP contribution in [0.25, 0.3) is 0 Å². The van der Waals surface area contributed by atoms with Crippen molar-refractivity contribution < 1.29 is 14.6 Å². The molecule has 3 atom stereocenters. The number of anilines is 1. The number of rotatable bonds is 2. The van der Waals surface area contributed by atoms with Crippen LogP contribution in [0.5, 0.6) is 5.75 Å². The Morgan fingerprint density at radius 2 is 2.29 bits per heavy atom. The second-order valence-corrected chi connectivity index (χ2v) is 5.94. The summed E-state index contributed by atoms with van der Waals surface area (Å²) in [6.07, 6.45) is 1.14. The average molecular weight is 290 g/mol. The van der Waals surface area contributed by atoms with E-state index in [4.69, 9.17) is 4.74 Å². The first kappa shape index (κ1) is 14.4. The van der Waals surface area contributed by atoms with Gasteiger partial charge in [0, 0.05) is 19.5 Å². The third kappa shape index (κ3) is 2.63. The van der Waals surface area contributed by atoms with Gasteiger partial charge in [-0.15, -0.1) is 0 Å². The smallest absolute Gasteiger partial charge is 0.267 e. The molecule has 114 valence electrons. The normalized spacial score (nSPS) is 27.0. The summed E-state index contributed by atoms with van der Waals surface area (Å²) in [5.74, 6) is 0.858. The molecule has 2 N–H and O–H groups in total. The maximum absolute atomic E-state index is 12.0. The quantitative estimate of drug-likeness (QED) is 0.866. The number of hydrogen-bond acceptors (Lipinski definition) is 4. The summed E-state index contributed by atoms with van der Waals surface area (Å²) in [7, 11) is 1.75. The number of piperidine rings is 1. The Kier molecular flexibility index (Phi) is 3.87. The van der Waals surface area contributed by atoms with Gasteiger partial charge in [-0.05, 0) is 44.0 Å². The molecule has 1 saturated heterocycles. The van der Waals surface area contributed by atoms with Crippen molar-refractivity contribution in [1.82, 2.24) is 5.32 Å². The summed E-state index contributed by atoms with van der Waals surface area (Å²) in [6.45, 7) is 3.61. The highest BCUT2D eigenvalue weighted by molar-refractivity contribution is 5.99. The summed E-state index contributed by atoms with van der Waals surface area (Å²) < 4.78 is 5.61. The largest absolute Gasteiger partial charge is 0.479 e. The van der Waals surface area contributed by atoms with Gasteiger partial charge in [-0.25, -0.2) is 0 Å². The summed E-state index contributed by atoms with van der Waals surface area (Å²) in [6, 6.07) is 5.62. The van der Waals surface area contributed by atoms with Crippen molar-refractivity contribution >= 4 is 11.6 Å². The van der Waals surface area contributed by atoms with Crippen LogP contribution >= 0.6 is 0 Å². The predicted molar refractivity (Wildman–Crippen MR) is 80.5 cm³/mol. The average Bonchev–Trinajstić information content (AvgIpc) is 2.53. The highest BCUT2D eigenvalue weighted by Gasteiger charge is 2.30. The number of amides is 1. The molecule has 0 radical (unpaired) electrons. The molecule has 1 amide bonds. The number of carbonyl (C=O) groups excluding carboxylic acids is 1. The van der Waals surface area contributed by atoms with E-state index in [-0.39, 0.29) is 11.8 Å². The first-order chi connectivity index (χ1) is 10.1. The number of aliphatic hydroxyl groups excluding tert-OH is 1. The van der Waals surface area contributed by atoms with Crippen LogP contribution in [0, 0.1) is 5.92 Å². The Hall–Kier alpha value is -1.59. The standard InChI is InChI=1S/C16H22N2O3/c1-10-16(20)18(2)13-8-11(5-6-14(13)21-10)15(19)12-4-3-7-17-9-12/h5-6,8,10,12,15,17,19H,3-4,7,9H2,1-2H3. The van der Waals surface area contributed by atoms with E-state index in [9.17, 15) is 9.90 Å². The molecule has 2 aliphatic heterocycles. The van der Waals surface area contributed by atoms with Crippen molar-refractivity contribution in [3.63, 3.8) is 0 Å². The van der Waals surface area contributed by atoms with Gasteiger partial charge in [0.2, 0.25) is 0 Å². The van der Waals surface area contributed by atoms with Gasteiger partial charge in [0.15, 0.2) is 6.10 Å². The summed E-state index contributed by atoms with van der Waals surface area (Å²) in [5.41, 5.74) is 1.58. The van der Waals surface area contributed by atoms with Gasteiger partial charge < -0.3 is 20.1 Å². The lowest BCUT2D eigenvalue weighted by Gasteiger charge is -2.32. The van der Waals surface area contributed by atoms with E-state index in [2.05, 4.69) is 5.32 Å². The van der Waals surface area contributed by atoms with Gasteiger partial charge in [-0.2, -0.15) is 0 Å². The lowest BCUT2D eigenvalue weighted by Crippen LogP contribution is -2.42. The monoisotopic (exact) mass is 290 g/mol. The predicted octanol–water partition coefficient (Wildman–Crippen LogP) is 1.46. The van der Waals surface area contributed by atoms with Crippen LogP contribution in [-0.2, 0) is 4.79 Å². The molecular formula is C16H22N2O3. The highest BCUT2D eigenvalue weighted by atomic mass is 16.5. The molecule has 1 fully saturated rings. The van der Waals surface area contributed by atoms with Gasteiger partial charge in [-0.1, -0.05) is 6.07 Å². The fourth-order valence-electron chi connectivity index (χ4n) is 3.13. The van der Waals surface area contributed by atoms with E-state index in [1.807, 2.05) is 18.2 Å². The lowest BCUT2D eigenvalue weighted by atomic mass is 9.89. The van der Waals surface area contributed by atoms with Gasteiger partial charge in [0.05, 0.1) is 11.8 Å². The maximum Gasteiger partial charge on any atom is 0.267 e. The molecule has 0 saturated carbocycles. The number of fused-ring (bicyclic) bond motifs is 1. The number of nitrogens with zero attached hydrogens (tertiary/aromatic N) is 1. The van der Waals surface area contributed by atoms with Crippen molar-refractivity contribution in [3.8, 4) is 5.75 Å². The zero-order valence-corrected chi connectivity index (χ0v) is 12.5. The molecule has 3 unspecified atom stereocenters. The topological polar surface area (TPSA) is 61.8 Å². The first-order valence-electron chi connectivity index (χ1n) is 7.55. The molecule has 1 aromatic rings. The molecule has 2 aliphatic rings. The van der Waals surface area contributed by atoms with Crippen molar-refractivity contribution in [2.45, 2.75) is 32.0 Å². The van der Waals surface area contributed by atoms with Crippen LogP contribution in [0.1, 0.15) is 31.4 Å². The number of aliphatic hydroxyl groups is 1. The van der Waals surface area contributed by atoms with Crippen molar-refractivity contribution in [2.75, 3.05) is 25.0 Å². The summed E-state index contributed by atoms with van der Waals surface area (Å²) >= 11 is 0. The van der Waals surface area contributed by atoms with Gasteiger partial charge >= 0.3 is 0 Å². The summed E-state index contributed by atoms with van der Waals surface area (Å²) in [5, 5.41) is 13.9. The zero-order valence-electron chi connectivity index (χ0n) is 12.5. The molecule has 5 heteroatoms. The fraction of sp³-hybridized carbons (Fsp3) is 0.562. The van der Waals surface area contributed by atoms with Gasteiger partial charge in [0.1, 0.15) is 5.75 Å². The van der Waals surface area contributed by atoms with E-state index in [1.54, 1.807) is 18.9 Å². The third-order valence-corrected chi connectivity index (χ3v) is 4.45. The van der Waals surface area contributed by atoms with Crippen LogP contribution in [0.15, 0.2) is 18.2 Å². The van der Waals surface area contributed by atoms with Crippen LogP contribution in [-0.4, -0.2) is 37.3 Å². The second kappa shape index (κ2) is 5.66. The van der Waals surface area contributed by atoms with Gasteiger partial charge in [-0.3, -0.25) is 4.79 Å². The van der Waals surface area contributed by atoms with E-state index < -0.39 is 12.2 Å². The first-order valence-corrected chi connectivity index (χ1v) is 7.55. The van der Waals surface area contributed by atoms with E-state index in [1.165, 1.54) is 0 Å². The molecule has 0 aromatic heterocycles. The van der Waals surface area contributed by atoms with Crippen LogP contribution in [0.3, 0.4) is 0 Å². The Labute approximate surface area is 124 Å². The SMILES string of the molecule is CC1Oc2ccc(C(O)C3CCCNC3)cc2N(C)C1=O. The molecule has 21 heavy (non-hydrogen) atoms. The number of carbonyl (C=O) groups is 1. The van der Waals surface area contributed by atoms with Crippen molar-refractivity contribution in [2.24, 2.45) is 5.92 Å². The molecule has 5 nitrogen and oxygen atoms in total. The zero-order chi connectivity index (χ0) is 15.0. The maximum atomic E-state index is 12.0. The Morgan fingerprint density at radius 3 is 3.00 bits per heavy atom. The highest BCUT2D eigenvalue weighted by Crippen LogP contribution is 2.37. The molecule has 0 bridgehead atoms.